The number of aliphatic hydroxyl groups excluding tert-OH is 1. The van der Waals surface area contributed by atoms with Gasteiger partial charge in [-0.15, -0.1) is 0 Å². The van der Waals surface area contributed by atoms with Gasteiger partial charge in [-0.05, 0) is 48.2 Å². The molecular weight excluding hydrogens is 435 g/mol. The summed E-state index contributed by atoms with van der Waals surface area (Å²) in [5, 5.41) is 18.2. The van der Waals surface area contributed by atoms with Crippen LogP contribution in [0.25, 0.3) is 5.70 Å². The van der Waals surface area contributed by atoms with Crippen LogP contribution in [0.5, 0.6) is 0 Å². The first-order chi connectivity index (χ1) is 14.3. The molecule has 4 atom stereocenters. The average Bonchev–Trinajstić information content (AvgIpc) is 3.27. The van der Waals surface area contributed by atoms with Crippen molar-refractivity contribution in [3.05, 3.63) is 63.5 Å². The quantitative estimate of drug-likeness (QED) is 0.652. The topological polar surface area (TPSA) is 57.8 Å². The average molecular weight is 457 g/mol. The fourth-order valence-corrected chi connectivity index (χ4v) is 5.09. The number of nitrogens with zero attached hydrogens (tertiary/aromatic N) is 2. The van der Waals surface area contributed by atoms with Gasteiger partial charge in [0.2, 0.25) is 5.22 Å². The summed E-state index contributed by atoms with van der Waals surface area (Å²) in [7, 11) is 1.91. The van der Waals surface area contributed by atoms with E-state index in [9.17, 15) is 13.9 Å². The van der Waals surface area contributed by atoms with Crippen LogP contribution in [-0.4, -0.2) is 48.2 Å². The van der Waals surface area contributed by atoms with Gasteiger partial charge in [-0.2, -0.15) is 4.59 Å². The maximum atomic E-state index is 14.1. The minimum absolute atomic E-state index is 0.0404. The van der Waals surface area contributed by atoms with Crippen molar-refractivity contribution in [2.75, 3.05) is 20.2 Å². The number of furan rings is 1. The van der Waals surface area contributed by atoms with Crippen molar-refractivity contribution >= 4 is 35.1 Å². The first-order valence-electron chi connectivity index (χ1n) is 9.70. The lowest BCUT2D eigenvalue weighted by molar-refractivity contribution is -0.871. The monoisotopic (exact) mass is 456 g/mol. The number of hydrogen-bond donors (Lipinski definition) is 2. The number of benzene rings is 1. The van der Waals surface area contributed by atoms with Crippen molar-refractivity contribution in [1.82, 2.24) is 5.32 Å². The highest BCUT2D eigenvalue weighted by atomic mass is 35.5. The maximum Gasteiger partial charge on any atom is 0.206 e. The van der Waals surface area contributed by atoms with E-state index in [0.717, 1.165) is 6.07 Å². The highest BCUT2D eigenvalue weighted by Crippen LogP contribution is 2.45. The molecule has 9 heteroatoms. The number of halogens is 4. The van der Waals surface area contributed by atoms with Gasteiger partial charge in [0.05, 0.1) is 25.4 Å². The zero-order valence-corrected chi connectivity index (χ0v) is 17.8. The van der Waals surface area contributed by atoms with Gasteiger partial charge in [-0.3, -0.25) is 0 Å². The third-order valence-electron chi connectivity index (χ3n) is 6.08. The zero-order valence-electron chi connectivity index (χ0n) is 16.3. The Bertz CT molecular complexity index is 1010. The normalized spacial score (nSPS) is 29.1. The minimum atomic E-state index is -0.886. The SMILES string of the molecule is C[N+]1([C@@H]2CNC(CCO)C[C@H]2c2ccc(F)c(F)c2)N=CC(Cl)=C1c1ccoc1Cl. The molecule has 2 aliphatic rings. The predicted molar refractivity (Wildman–Crippen MR) is 112 cm³/mol. The molecule has 1 fully saturated rings. The summed E-state index contributed by atoms with van der Waals surface area (Å²) in [6.45, 7) is 0.573. The molecule has 0 saturated carbocycles. The van der Waals surface area contributed by atoms with Crippen molar-refractivity contribution in [1.29, 1.82) is 0 Å². The van der Waals surface area contributed by atoms with Gasteiger partial charge in [-0.1, -0.05) is 22.8 Å². The van der Waals surface area contributed by atoms with Crippen LogP contribution < -0.4 is 5.32 Å². The molecule has 0 aliphatic carbocycles. The molecule has 1 saturated heterocycles. The van der Waals surface area contributed by atoms with Crippen molar-refractivity contribution < 1.29 is 22.9 Å². The fourth-order valence-electron chi connectivity index (χ4n) is 4.57. The second kappa shape index (κ2) is 8.40. The summed E-state index contributed by atoms with van der Waals surface area (Å²) >= 11 is 12.8. The molecule has 3 heterocycles. The predicted octanol–water partition coefficient (Wildman–Crippen LogP) is 4.46. The van der Waals surface area contributed by atoms with E-state index in [1.54, 1.807) is 18.3 Å². The molecule has 1 aromatic carbocycles. The van der Waals surface area contributed by atoms with Crippen molar-refractivity contribution in [3.63, 3.8) is 0 Å². The summed E-state index contributed by atoms with van der Waals surface area (Å²) in [5.41, 5.74) is 2.01. The summed E-state index contributed by atoms with van der Waals surface area (Å²) in [6, 6.07) is 5.60. The molecular formula is C21H22Cl2F2N3O2+. The van der Waals surface area contributed by atoms with E-state index in [4.69, 9.17) is 27.6 Å². The number of likely N-dealkylation sites (N-methyl/N-ethyl adjacent to an activating group) is 1. The summed E-state index contributed by atoms with van der Waals surface area (Å²) < 4.78 is 33.0. The minimum Gasteiger partial charge on any atom is -0.452 e. The van der Waals surface area contributed by atoms with E-state index in [0.29, 0.717) is 41.2 Å². The molecule has 0 bridgehead atoms. The van der Waals surface area contributed by atoms with Crippen LogP contribution >= 0.6 is 23.2 Å². The van der Waals surface area contributed by atoms with Gasteiger partial charge < -0.3 is 14.8 Å². The van der Waals surface area contributed by atoms with Gasteiger partial charge in [-0.25, -0.2) is 8.78 Å². The zero-order chi connectivity index (χ0) is 21.5. The Morgan fingerprint density at radius 2 is 2.07 bits per heavy atom. The van der Waals surface area contributed by atoms with Crippen LogP contribution in [0.2, 0.25) is 5.22 Å². The van der Waals surface area contributed by atoms with Gasteiger partial charge in [0.15, 0.2) is 17.3 Å². The Hall–Kier alpha value is -1.77. The van der Waals surface area contributed by atoms with E-state index in [-0.39, 0.29) is 34.4 Å². The third-order valence-corrected chi connectivity index (χ3v) is 6.65. The second-order valence-corrected chi connectivity index (χ2v) is 8.53. The second-order valence-electron chi connectivity index (χ2n) is 7.78. The van der Waals surface area contributed by atoms with Crippen LogP contribution in [0.3, 0.4) is 0 Å². The first kappa shape index (κ1) is 21.5. The number of hydrogen-bond acceptors (Lipinski definition) is 4. The molecule has 2 aromatic rings. The molecule has 4 rings (SSSR count). The van der Waals surface area contributed by atoms with Gasteiger partial charge >= 0.3 is 0 Å². The molecule has 160 valence electrons. The van der Waals surface area contributed by atoms with Crippen LogP contribution in [-0.2, 0) is 0 Å². The molecule has 1 aromatic heterocycles. The number of aliphatic hydroxyl groups is 1. The molecule has 30 heavy (non-hydrogen) atoms. The Labute approximate surface area is 183 Å². The van der Waals surface area contributed by atoms with E-state index in [1.807, 2.05) is 7.05 Å². The van der Waals surface area contributed by atoms with Gasteiger partial charge in [0, 0.05) is 18.6 Å². The van der Waals surface area contributed by atoms with Gasteiger partial charge in [0.1, 0.15) is 17.3 Å². The van der Waals surface area contributed by atoms with Crippen molar-refractivity contribution in [2.45, 2.75) is 30.8 Å². The number of rotatable bonds is 5. The lowest BCUT2D eigenvalue weighted by Crippen LogP contribution is -2.58. The standard InChI is InChI=1S/C21H22Cl2F2N3O2/c1-28(20(16(22)10-27-28)14-5-7-30-21(14)23)19-11-26-13(4-6-29)9-15(19)12-2-3-17(24)18(25)8-12/h2-3,5,7-8,10,13,15,19,26,29H,4,6,9,11H2,1H3/q+1/t13?,15-,19+,28?/m0/s1. The van der Waals surface area contributed by atoms with Crippen molar-refractivity contribution in [2.24, 2.45) is 5.10 Å². The van der Waals surface area contributed by atoms with Crippen LogP contribution in [0.15, 0.2) is 45.1 Å². The molecule has 0 amide bonds. The number of piperidine rings is 1. The Balaban J connectivity index is 1.77. The van der Waals surface area contributed by atoms with Crippen LogP contribution in [0.4, 0.5) is 8.78 Å². The highest BCUT2D eigenvalue weighted by Gasteiger charge is 2.50. The van der Waals surface area contributed by atoms with E-state index in [2.05, 4.69) is 10.4 Å². The Morgan fingerprint density at radius 1 is 1.27 bits per heavy atom. The first-order valence-corrected chi connectivity index (χ1v) is 10.5. The number of nitrogens with one attached hydrogen (secondary N) is 1. The Kier molecular flexibility index (Phi) is 6.01. The smallest absolute Gasteiger partial charge is 0.206 e. The van der Waals surface area contributed by atoms with Crippen LogP contribution in [0.1, 0.15) is 29.9 Å². The van der Waals surface area contributed by atoms with Gasteiger partial charge in [0.25, 0.3) is 0 Å². The van der Waals surface area contributed by atoms with Crippen LogP contribution in [0, 0.1) is 11.6 Å². The van der Waals surface area contributed by atoms with E-state index < -0.39 is 11.6 Å². The van der Waals surface area contributed by atoms with E-state index >= 15 is 0 Å². The summed E-state index contributed by atoms with van der Waals surface area (Å²) in [4.78, 5) is 0. The highest BCUT2D eigenvalue weighted by molar-refractivity contribution is 6.43. The van der Waals surface area contributed by atoms with Crippen molar-refractivity contribution in [3.8, 4) is 0 Å². The number of allylic oxidation sites excluding steroid dienone is 1. The Morgan fingerprint density at radius 3 is 2.73 bits per heavy atom. The molecule has 2 unspecified atom stereocenters. The molecule has 2 aliphatic heterocycles. The third kappa shape index (κ3) is 3.69. The molecule has 2 N–H and O–H groups in total. The van der Waals surface area contributed by atoms with E-state index in [1.165, 1.54) is 12.3 Å². The molecule has 0 radical (unpaired) electrons. The number of quaternary nitrogens is 1. The lowest BCUT2D eigenvalue weighted by Gasteiger charge is -2.44. The summed E-state index contributed by atoms with van der Waals surface area (Å²) in [5.74, 6) is -1.93. The lowest BCUT2D eigenvalue weighted by atomic mass is 9.80. The summed E-state index contributed by atoms with van der Waals surface area (Å²) in [6.07, 6.45) is 4.27. The maximum absolute atomic E-state index is 14.1. The molecule has 0 spiro atoms. The fraction of sp³-hybridized carbons (Fsp3) is 0.381. The molecule has 5 nitrogen and oxygen atoms in total. The largest absolute Gasteiger partial charge is 0.452 e.